The van der Waals surface area contributed by atoms with Crippen LogP contribution < -0.4 is 10.6 Å². The lowest BCUT2D eigenvalue weighted by atomic mass is 9.84. The summed E-state index contributed by atoms with van der Waals surface area (Å²) >= 11 is 0. The van der Waals surface area contributed by atoms with Crippen LogP contribution in [0.25, 0.3) is 0 Å². The van der Waals surface area contributed by atoms with Crippen molar-refractivity contribution in [3.63, 3.8) is 0 Å². The van der Waals surface area contributed by atoms with Gasteiger partial charge in [-0.1, -0.05) is 0 Å². The molecule has 1 atom stereocenters. The minimum absolute atomic E-state index is 0.00723. The van der Waals surface area contributed by atoms with Gasteiger partial charge in [0.2, 0.25) is 5.91 Å². The van der Waals surface area contributed by atoms with E-state index in [0.717, 1.165) is 51.7 Å². The van der Waals surface area contributed by atoms with Crippen LogP contribution in [-0.4, -0.2) is 54.2 Å². The van der Waals surface area contributed by atoms with Crippen LogP contribution in [0.1, 0.15) is 77.7 Å². The van der Waals surface area contributed by atoms with Gasteiger partial charge in [0.1, 0.15) is 11.5 Å². The first kappa shape index (κ1) is 20.1. The number of ketones is 1. The first-order valence-electron chi connectivity index (χ1n) is 10.9. The number of hydrogen-bond donors (Lipinski definition) is 2. The predicted molar refractivity (Wildman–Crippen MR) is 108 cm³/mol. The number of rotatable bonds is 3. The van der Waals surface area contributed by atoms with Crippen molar-refractivity contribution in [2.45, 2.75) is 70.9 Å². The molecule has 1 saturated carbocycles. The highest BCUT2D eigenvalue weighted by Gasteiger charge is 2.34. The number of Topliss-reactive ketones (excluding diaryl/α,β-unsaturated/α-hetero) is 1. The van der Waals surface area contributed by atoms with Crippen LogP contribution in [0.5, 0.6) is 0 Å². The predicted octanol–water partition coefficient (Wildman–Crippen LogP) is 2.22. The van der Waals surface area contributed by atoms with Gasteiger partial charge >= 0.3 is 0 Å². The smallest absolute Gasteiger partial charge is 0.255 e. The second-order valence-electron chi connectivity index (χ2n) is 8.77. The zero-order chi connectivity index (χ0) is 20.5. The fraction of sp³-hybridized carbons (Fsp3) is 0.682. The van der Waals surface area contributed by atoms with E-state index in [9.17, 15) is 14.4 Å². The number of carbonyl (C=O) groups is 3. The number of piperazine rings is 1. The van der Waals surface area contributed by atoms with Crippen LogP contribution in [0.3, 0.4) is 0 Å². The fourth-order valence-electron chi connectivity index (χ4n) is 5.01. The lowest BCUT2D eigenvalue weighted by Crippen LogP contribution is -2.53. The molecule has 0 bridgehead atoms. The average molecular weight is 402 g/mol. The number of amides is 2. The molecule has 7 heteroatoms. The topological polar surface area (TPSA) is 91.7 Å². The molecule has 1 aromatic rings. The maximum atomic E-state index is 12.9. The number of fused-ring (bicyclic) bond motifs is 1. The lowest BCUT2D eigenvalue weighted by Gasteiger charge is -2.36. The molecule has 1 aromatic heterocycles. The Balaban J connectivity index is 1.34. The normalized spacial score (nSPS) is 27.4. The Morgan fingerprint density at radius 1 is 1.17 bits per heavy atom. The standard InChI is InChI=1S/C22H31N3O4/c1-13-12-25(11-10-23-13)22(28)15-6-8-16(9-7-15)24-21(27)19-14(2)29-18-5-3-4-17(26)20(18)19/h13,15-16,23H,3-12H2,1-2H3,(H,24,27)/t13-,15?,16?/m1/s1. The van der Waals surface area contributed by atoms with E-state index in [2.05, 4.69) is 17.6 Å². The van der Waals surface area contributed by atoms with Crippen molar-refractivity contribution in [2.75, 3.05) is 19.6 Å². The largest absolute Gasteiger partial charge is 0.465 e. The van der Waals surface area contributed by atoms with Gasteiger partial charge in [-0.05, 0) is 46.0 Å². The van der Waals surface area contributed by atoms with Crippen molar-refractivity contribution in [3.8, 4) is 0 Å². The van der Waals surface area contributed by atoms with Crippen molar-refractivity contribution in [1.29, 1.82) is 0 Å². The summed E-state index contributed by atoms with van der Waals surface area (Å²) in [4.78, 5) is 40.0. The van der Waals surface area contributed by atoms with Crippen LogP contribution in [0.15, 0.2) is 4.42 Å². The third kappa shape index (κ3) is 4.10. The summed E-state index contributed by atoms with van der Waals surface area (Å²) in [5.74, 6) is 1.29. The van der Waals surface area contributed by atoms with Crippen LogP contribution in [0.2, 0.25) is 0 Å². The molecule has 1 saturated heterocycles. The van der Waals surface area contributed by atoms with E-state index in [1.165, 1.54) is 0 Å². The maximum absolute atomic E-state index is 12.9. The Labute approximate surface area is 171 Å². The van der Waals surface area contributed by atoms with Gasteiger partial charge in [-0.15, -0.1) is 0 Å². The maximum Gasteiger partial charge on any atom is 0.255 e. The highest BCUT2D eigenvalue weighted by molar-refractivity contribution is 6.10. The van der Waals surface area contributed by atoms with Gasteiger partial charge in [-0.25, -0.2) is 0 Å². The molecule has 4 rings (SSSR count). The van der Waals surface area contributed by atoms with E-state index >= 15 is 0 Å². The van der Waals surface area contributed by atoms with Gasteiger partial charge in [0, 0.05) is 50.5 Å². The Hall–Kier alpha value is -2.15. The summed E-state index contributed by atoms with van der Waals surface area (Å²) in [5.41, 5.74) is 0.903. The monoisotopic (exact) mass is 401 g/mol. The van der Waals surface area contributed by atoms with Gasteiger partial charge < -0.3 is 20.0 Å². The summed E-state index contributed by atoms with van der Waals surface area (Å²) in [6, 6.07) is 0.382. The molecule has 0 unspecified atom stereocenters. The van der Waals surface area contributed by atoms with Gasteiger partial charge in [0.05, 0.1) is 11.1 Å². The highest BCUT2D eigenvalue weighted by atomic mass is 16.3. The molecule has 3 aliphatic rings. The molecule has 158 valence electrons. The zero-order valence-electron chi connectivity index (χ0n) is 17.4. The SMILES string of the molecule is Cc1oc2c(c1C(=O)NC1CCC(C(=O)N3CCN[C@H](C)C3)CC1)C(=O)CCC2. The number of nitrogens with one attached hydrogen (secondary N) is 2. The van der Waals surface area contributed by atoms with E-state index < -0.39 is 0 Å². The molecular formula is C22H31N3O4. The van der Waals surface area contributed by atoms with Crippen molar-refractivity contribution >= 4 is 17.6 Å². The molecule has 1 aliphatic heterocycles. The molecule has 2 heterocycles. The van der Waals surface area contributed by atoms with Gasteiger partial charge in [-0.3, -0.25) is 14.4 Å². The molecular weight excluding hydrogens is 370 g/mol. The molecule has 7 nitrogen and oxygen atoms in total. The molecule has 0 aromatic carbocycles. The molecule has 0 spiro atoms. The summed E-state index contributed by atoms with van der Waals surface area (Å²) in [5, 5.41) is 6.46. The van der Waals surface area contributed by atoms with Gasteiger partial charge in [0.15, 0.2) is 5.78 Å². The minimum atomic E-state index is -0.214. The third-order valence-corrected chi connectivity index (χ3v) is 6.56. The lowest BCUT2D eigenvalue weighted by molar-refractivity contribution is -0.137. The van der Waals surface area contributed by atoms with Crippen LogP contribution >= 0.6 is 0 Å². The highest BCUT2D eigenvalue weighted by Crippen LogP contribution is 2.31. The zero-order valence-corrected chi connectivity index (χ0v) is 17.4. The summed E-state index contributed by atoms with van der Waals surface area (Å²) in [6.07, 6.45) is 5.14. The Bertz CT molecular complexity index is 807. The molecule has 2 fully saturated rings. The summed E-state index contributed by atoms with van der Waals surface area (Å²) < 4.78 is 5.71. The number of aryl methyl sites for hydroxylation is 2. The van der Waals surface area contributed by atoms with Crippen molar-refractivity contribution < 1.29 is 18.8 Å². The van der Waals surface area contributed by atoms with E-state index in [4.69, 9.17) is 4.42 Å². The van der Waals surface area contributed by atoms with Crippen molar-refractivity contribution in [1.82, 2.24) is 15.5 Å². The second kappa shape index (κ2) is 8.30. The van der Waals surface area contributed by atoms with E-state index in [1.807, 2.05) is 4.90 Å². The molecule has 2 aliphatic carbocycles. The minimum Gasteiger partial charge on any atom is -0.465 e. The van der Waals surface area contributed by atoms with Crippen LogP contribution in [-0.2, 0) is 11.2 Å². The average Bonchev–Trinajstić information content (AvgIpc) is 3.05. The van der Waals surface area contributed by atoms with E-state index in [0.29, 0.717) is 41.5 Å². The molecule has 0 radical (unpaired) electrons. The van der Waals surface area contributed by atoms with Crippen molar-refractivity contribution in [3.05, 3.63) is 22.6 Å². The quantitative estimate of drug-likeness (QED) is 0.810. The second-order valence-corrected chi connectivity index (χ2v) is 8.77. The van der Waals surface area contributed by atoms with Gasteiger partial charge in [0.25, 0.3) is 5.91 Å². The van der Waals surface area contributed by atoms with E-state index in [1.54, 1.807) is 6.92 Å². The number of nitrogens with zero attached hydrogens (tertiary/aromatic N) is 1. The Morgan fingerprint density at radius 2 is 1.93 bits per heavy atom. The van der Waals surface area contributed by atoms with Crippen LogP contribution in [0.4, 0.5) is 0 Å². The fourth-order valence-corrected chi connectivity index (χ4v) is 5.01. The Kier molecular flexibility index (Phi) is 5.76. The summed E-state index contributed by atoms with van der Waals surface area (Å²) in [7, 11) is 0. The molecule has 2 N–H and O–H groups in total. The number of carbonyl (C=O) groups excluding carboxylic acids is 3. The third-order valence-electron chi connectivity index (χ3n) is 6.56. The molecule has 2 amide bonds. The Morgan fingerprint density at radius 3 is 2.66 bits per heavy atom. The number of furan rings is 1. The van der Waals surface area contributed by atoms with Crippen molar-refractivity contribution in [2.24, 2.45) is 5.92 Å². The van der Waals surface area contributed by atoms with Crippen LogP contribution in [0, 0.1) is 12.8 Å². The molecule has 29 heavy (non-hydrogen) atoms. The van der Waals surface area contributed by atoms with E-state index in [-0.39, 0.29) is 29.6 Å². The number of hydrogen-bond acceptors (Lipinski definition) is 5. The van der Waals surface area contributed by atoms with Gasteiger partial charge in [-0.2, -0.15) is 0 Å². The first-order valence-corrected chi connectivity index (χ1v) is 10.9. The first-order chi connectivity index (χ1) is 13.9. The summed E-state index contributed by atoms with van der Waals surface area (Å²) in [6.45, 7) is 6.26.